The van der Waals surface area contributed by atoms with Crippen molar-refractivity contribution in [1.29, 1.82) is 5.26 Å². The predicted molar refractivity (Wildman–Crippen MR) is 133 cm³/mol. The fourth-order valence-corrected chi connectivity index (χ4v) is 4.32. The molecule has 10 heteroatoms. The zero-order chi connectivity index (χ0) is 25.2. The molecule has 178 valence electrons. The van der Waals surface area contributed by atoms with Crippen LogP contribution in [0.4, 0.5) is 4.79 Å². The SMILES string of the molecule is Cn1cc(-c2nc(C(=O)NC(=O)N[C@H]3CCc4cc(C#N)ccc43)cc(-c3ccc(Cl)cc3)n2)cn1. The second-order valence-electron chi connectivity index (χ2n) is 8.42. The van der Waals surface area contributed by atoms with E-state index >= 15 is 0 Å². The minimum absolute atomic E-state index is 0.0365. The third-order valence-electron chi connectivity index (χ3n) is 5.94. The molecule has 2 heterocycles. The molecule has 0 saturated carbocycles. The first-order chi connectivity index (χ1) is 17.4. The third kappa shape index (κ3) is 4.80. The Labute approximate surface area is 211 Å². The van der Waals surface area contributed by atoms with Gasteiger partial charge in [0.15, 0.2) is 5.82 Å². The largest absolute Gasteiger partial charge is 0.331 e. The van der Waals surface area contributed by atoms with E-state index in [0.717, 1.165) is 23.1 Å². The second kappa shape index (κ2) is 9.60. The number of hydrogen-bond donors (Lipinski definition) is 2. The summed E-state index contributed by atoms with van der Waals surface area (Å²) in [4.78, 5) is 34.7. The zero-order valence-corrected chi connectivity index (χ0v) is 20.0. The van der Waals surface area contributed by atoms with Gasteiger partial charge in [-0.3, -0.25) is 14.8 Å². The molecule has 1 aliphatic rings. The Kier molecular flexibility index (Phi) is 6.19. The fourth-order valence-electron chi connectivity index (χ4n) is 4.20. The molecule has 3 amide bonds. The molecule has 2 aromatic heterocycles. The Morgan fingerprint density at radius 2 is 1.92 bits per heavy atom. The maximum Gasteiger partial charge on any atom is 0.322 e. The van der Waals surface area contributed by atoms with Gasteiger partial charge >= 0.3 is 6.03 Å². The number of carbonyl (C=O) groups is 2. The standard InChI is InChI=1S/C26H20ClN7O2/c1-34-14-18(13-29-34)24-30-22(16-3-6-19(27)7-4-16)11-23(31-24)25(35)33-26(36)32-21-9-5-17-10-15(12-28)2-8-20(17)21/h2-4,6-8,10-11,13-14,21H,5,9H2,1H3,(H2,32,33,35,36)/t21-/m0/s1. The minimum atomic E-state index is -0.659. The summed E-state index contributed by atoms with van der Waals surface area (Å²) in [7, 11) is 1.77. The van der Waals surface area contributed by atoms with Crippen LogP contribution in [0.5, 0.6) is 0 Å². The van der Waals surface area contributed by atoms with E-state index in [1.807, 2.05) is 12.1 Å². The van der Waals surface area contributed by atoms with E-state index in [9.17, 15) is 9.59 Å². The second-order valence-corrected chi connectivity index (χ2v) is 8.85. The van der Waals surface area contributed by atoms with Gasteiger partial charge in [-0.1, -0.05) is 29.8 Å². The fraction of sp³-hybridized carbons (Fsp3) is 0.154. The van der Waals surface area contributed by atoms with Gasteiger partial charge in [-0.05, 0) is 54.3 Å². The van der Waals surface area contributed by atoms with Crippen LogP contribution in [-0.2, 0) is 13.5 Å². The van der Waals surface area contributed by atoms with Crippen molar-refractivity contribution in [1.82, 2.24) is 30.4 Å². The van der Waals surface area contributed by atoms with Crippen LogP contribution in [-0.4, -0.2) is 31.7 Å². The molecule has 2 N–H and O–H groups in total. The lowest BCUT2D eigenvalue weighted by Gasteiger charge is -2.15. The molecule has 9 nitrogen and oxygen atoms in total. The average molecular weight is 498 g/mol. The minimum Gasteiger partial charge on any atom is -0.331 e. The maximum absolute atomic E-state index is 13.0. The number of nitrogens with zero attached hydrogens (tertiary/aromatic N) is 5. The number of urea groups is 1. The maximum atomic E-state index is 13.0. The molecule has 0 saturated heterocycles. The van der Waals surface area contributed by atoms with Crippen LogP contribution in [0.2, 0.25) is 5.02 Å². The number of imide groups is 1. The molecule has 5 rings (SSSR count). The number of hydrogen-bond acceptors (Lipinski definition) is 6. The summed E-state index contributed by atoms with van der Waals surface area (Å²) < 4.78 is 1.61. The Balaban J connectivity index is 1.38. The number of halogens is 1. The molecule has 0 aliphatic heterocycles. The van der Waals surface area contributed by atoms with Gasteiger partial charge in [0.05, 0.1) is 35.1 Å². The number of fused-ring (bicyclic) bond motifs is 1. The van der Waals surface area contributed by atoms with E-state index in [-0.39, 0.29) is 11.7 Å². The topological polar surface area (TPSA) is 126 Å². The van der Waals surface area contributed by atoms with Crippen molar-refractivity contribution in [2.24, 2.45) is 7.05 Å². The molecule has 0 unspecified atom stereocenters. The van der Waals surface area contributed by atoms with Gasteiger partial charge in [-0.15, -0.1) is 0 Å². The number of rotatable bonds is 4. The summed E-state index contributed by atoms with van der Waals surface area (Å²) in [5.74, 6) is -0.354. The lowest BCUT2D eigenvalue weighted by molar-refractivity contribution is 0.0958. The summed E-state index contributed by atoms with van der Waals surface area (Å²) >= 11 is 6.02. The lowest BCUT2D eigenvalue weighted by Crippen LogP contribution is -2.41. The highest BCUT2D eigenvalue weighted by atomic mass is 35.5. The first kappa shape index (κ1) is 23.2. The van der Waals surface area contributed by atoms with E-state index in [2.05, 4.69) is 31.8 Å². The molecule has 36 heavy (non-hydrogen) atoms. The summed E-state index contributed by atoms with van der Waals surface area (Å²) in [5, 5.41) is 19.1. The van der Waals surface area contributed by atoms with Crippen LogP contribution in [0.1, 0.15) is 39.6 Å². The van der Waals surface area contributed by atoms with Gasteiger partial charge < -0.3 is 5.32 Å². The number of nitriles is 1. The van der Waals surface area contributed by atoms with E-state index in [4.69, 9.17) is 16.9 Å². The van der Waals surface area contributed by atoms with Crippen LogP contribution < -0.4 is 10.6 Å². The van der Waals surface area contributed by atoms with Crippen LogP contribution >= 0.6 is 11.6 Å². The Bertz CT molecular complexity index is 1520. The van der Waals surface area contributed by atoms with Crippen LogP contribution in [0.3, 0.4) is 0 Å². The van der Waals surface area contributed by atoms with E-state index in [1.54, 1.807) is 54.5 Å². The summed E-state index contributed by atoms with van der Waals surface area (Å²) in [5.41, 5.74) is 4.46. The van der Waals surface area contributed by atoms with Gasteiger partial charge in [0, 0.05) is 23.8 Å². The van der Waals surface area contributed by atoms with Gasteiger partial charge in [0.25, 0.3) is 5.91 Å². The Morgan fingerprint density at radius 1 is 1.11 bits per heavy atom. The molecule has 0 fully saturated rings. The average Bonchev–Trinajstić information content (AvgIpc) is 3.49. The molecular formula is C26H20ClN7O2. The lowest BCUT2D eigenvalue weighted by atomic mass is 10.1. The predicted octanol–water partition coefficient (Wildman–Crippen LogP) is 4.20. The first-order valence-electron chi connectivity index (χ1n) is 11.2. The number of amides is 3. The number of aryl methyl sites for hydroxylation is 2. The number of nitrogens with one attached hydrogen (secondary N) is 2. The van der Waals surface area contributed by atoms with Crippen molar-refractivity contribution in [2.75, 3.05) is 0 Å². The van der Waals surface area contributed by atoms with Crippen molar-refractivity contribution < 1.29 is 9.59 Å². The van der Waals surface area contributed by atoms with E-state index in [0.29, 0.717) is 34.1 Å². The van der Waals surface area contributed by atoms with Crippen molar-refractivity contribution in [3.8, 4) is 28.7 Å². The summed E-state index contributed by atoms with van der Waals surface area (Å²) in [6.07, 6.45) is 4.77. The van der Waals surface area contributed by atoms with Crippen LogP contribution in [0.15, 0.2) is 60.9 Å². The Hall–Kier alpha value is -4.55. The normalized spacial score (nSPS) is 14.1. The molecule has 0 bridgehead atoms. The molecular weight excluding hydrogens is 478 g/mol. The van der Waals surface area contributed by atoms with Crippen molar-refractivity contribution in [2.45, 2.75) is 18.9 Å². The Morgan fingerprint density at radius 3 is 2.64 bits per heavy atom. The van der Waals surface area contributed by atoms with E-state index < -0.39 is 11.9 Å². The number of carbonyl (C=O) groups excluding carboxylic acids is 2. The van der Waals surface area contributed by atoms with Crippen molar-refractivity contribution >= 4 is 23.5 Å². The number of aromatic nitrogens is 4. The summed E-state index contributed by atoms with van der Waals surface area (Å²) in [6, 6.07) is 15.2. The van der Waals surface area contributed by atoms with Crippen molar-refractivity contribution in [3.05, 3.63) is 88.3 Å². The first-order valence-corrected chi connectivity index (χ1v) is 11.6. The quantitative estimate of drug-likeness (QED) is 0.435. The van der Waals surface area contributed by atoms with Crippen molar-refractivity contribution in [3.63, 3.8) is 0 Å². The van der Waals surface area contributed by atoms with Gasteiger partial charge in [0.2, 0.25) is 0 Å². The summed E-state index contributed by atoms with van der Waals surface area (Å²) in [6.45, 7) is 0. The van der Waals surface area contributed by atoms with Crippen LogP contribution in [0.25, 0.3) is 22.6 Å². The molecule has 1 atom stereocenters. The molecule has 1 aliphatic carbocycles. The highest BCUT2D eigenvalue weighted by molar-refractivity contribution is 6.30. The van der Waals surface area contributed by atoms with Gasteiger partial charge in [-0.2, -0.15) is 10.4 Å². The van der Waals surface area contributed by atoms with Crippen LogP contribution in [0, 0.1) is 11.3 Å². The van der Waals surface area contributed by atoms with Gasteiger partial charge in [0.1, 0.15) is 5.69 Å². The molecule has 0 spiro atoms. The third-order valence-corrected chi connectivity index (χ3v) is 6.20. The monoisotopic (exact) mass is 497 g/mol. The number of benzene rings is 2. The molecule has 0 radical (unpaired) electrons. The molecule has 2 aromatic carbocycles. The highest BCUT2D eigenvalue weighted by Gasteiger charge is 2.25. The molecule has 4 aromatic rings. The zero-order valence-electron chi connectivity index (χ0n) is 19.2. The van der Waals surface area contributed by atoms with E-state index in [1.165, 1.54) is 6.07 Å². The smallest absolute Gasteiger partial charge is 0.322 e. The van der Waals surface area contributed by atoms with Gasteiger partial charge in [-0.25, -0.2) is 14.8 Å². The highest BCUT2D eigenvalue weighted by Crippen LogP contribution is 2.31.